The fraction of sp³-hybridized carbons (Fsp3) is 0.231. The summed E-state index contributed by atoms with van der Waals surface area (Å²) < 4.78 is 0. The van der Waals surface area contributed by atoms with Crippen molar-refractivity contribution in [3.8, 4) is 0 Å². The molecule has 2 heteroatoms. The fourth-order valence-corrected chi connectivity index (χ4v) is 2.59. The van der Waals surface area contributed by atoms with E-state index >= 15 is 0 Å². The molecular formula is C13H14OS. The number of aliphatic hydroxyl groups is 1. The minimum absolute atomic E-state index is 0.483. The zero-order valence-corrected chi connectivity index (χ0v) is 9.71. The van der Waals surface area contributed by atoms with Crippen LogP contribution in [0, 0.1) is 13.8 Å². The second kappa shape index (κ2) is 4.17. The lowest BCUT2D eigenvalue weighted by Gasteiger charge is -2.07. The highest BCUT2D eigenvalue weighted by molar-refractivity contribution is 7.12. The summed E-state index contributed by atoms with van der Waals surface area (Å²) in [6, 6.07) is 11.8. The molecule has 1 N–H and O–H groups in total. The van der Waals surface area contributed by atoms with E-state index in [9.17, 15) is 5.11 Å². The third kappa shape index (κ3) is 2.11. The average molecular weight is 218 g/mol. The first-order valence-electron chi connectivity index (χ1n) is 4.98. The third-order valence-electron chi connectivity index (χ3n) is 2.57. The lowest BCUT2D eigenvalue weighted by molar-refractivity contribution is 0.224. The van der Waals surface area contributed by atoms with Crippen LogP contribution in [0.25, 0.3) is 0 Å². The second-order valence-electron chi connectivity index (χ2n) is 3.70. The van der Waals surface area contributed by atoms with Gasteiger partial charge in [-0.25, -0.2) is 0 Å². The standard InChI is InChI=1S/C13H14OS/c1-9-8-12(15-10(9)2)13(14)11-6-4-3-5-7-11/h3-8,13-14H,1-2H3. The Kier molecular flexibility index (Phi) is 2.89. The molecule has 1 aromatic carbocycles. The molecule has 0 spiro atoms. The molecule has 78 valence electrons. The van der Waals surface area contributed by atoms with Crippen LogP contribution in [-0.4, -0.2) is 5.11 Å². The smallest absolute Gasteiger partial charge is 0.113 e. The summed E-state index contributed by atoms with van der Waals surface area (Å²) in [5.41, 5.74) is 2.21. The molecule has 0 bridgehead atoms. The molecule has 15 heavy (non-hydrogen) atoms. The quantitative estimate of drug-likeness (QED) is 0.818. The molecule has 0 aliphatic carbocycles. The Bertz CT molecular complexity index is 425. The van der Waals surface area contributed by atoms with Gasteiger partial charge in [-0.2, -0.15) is 0 Å². The van der Waals surface area contributed by atoms with Crippen LogP contribution in [0.3, 0.4) is 0 Å². The number of aliphatic hydroxyl groups excluding tert-OH is 1. The number of thiophene rings is 1. The van der Waals surface area contributed by atoms with E-state index in [1.807, 2.05) is 30.3 Å². The van der Waals surface area contributed by atoms with E-state index in [4.69, 9.17) is 0 Å². The Hall–Kier alpha value is -1.12. The van der Waals surface area contributed by atoms with Gasteiger partial charge in [0.15, 0.2) is 0 Å². The number of hydrogen-bond donors (Lipinski definition) is 1. The van der Waals surface area contributed by atoms with Crippen molar-refractivity contribution < 1.29 is 5.11 Å². The fourth-order valence-electron chi connectivity index (χ4n) is 1.54. The normalized spacial score (nSPS) is 12.7. The van der Waals surface area contributed by atoms with Crippen LogP contribution in [0.2, 0.25) is 0 Å². The lowest BCUT2D eigenvalue weighted by atomic mass is 10.1. The molecule has 1 nitrogen and oxygen atoms in total. The van der Waals surface area contributed by atoms with Crippen molar-refractivity contribution in [3.63, 3.8) is 0 Å². The van der Waals surface area contributed by atoms with Gasteiger partial charge in [-0.3, -0.25) is 0 Å². The topological polar surface area (TPSA) is 20.2 Å². The number of hydrogen-bond acceptors (Lipinski definition) is 2. The van der Waals surface area contributed by atoms with Crippen molar-refractivity contribution in [3.05, 3.63) is 57.3 Å². The first-order valence-corrected chi connectivity index (χ1v) is 5.80. The monoisotopic (exact) mass is 218 g/mol. The summed E-state index contributed by atoms with van der Waals surface area (Å²) in [5, 5.41) is 10.1. The minimum Gasteiger partial charge on any atom is -0.383 e. The van der Waals surface area contributed by atoms with Crippen molar-refractivity contribution in [2.75, 3.05) is 0 Å². The van der Waals surface area contributed by atoms with Gasteiger partial charge in [0.2, 0.25) is 0 Å². The third-order valence-corrected chi connectivity index (χ3v) is 3.77. The van der Waals surface area contributed by atoms with Crippen LogP contribution in [-0.2, 0) is 0 Å². The first-order chi connectivity index (χ1) is 7.18. The average Bonchev–Trinajstić information content (AvgIpc) is 2.59. The van der Waals surface area contributed by atoms with Crippen LogP contribution < -0.4 is 0 Å². The zero-order chi connectivity index (χ0) is 10.8. The molecule has 0 saturated carbocycles. The van der Waals surface area contributed by atoms with Crippen molar-refractivity contribution in [2.24, 2.45) is 0 Å². The van der Waals surface area contributed by atoms with Crippen molar-refractivity contribution in [2.45, 2.75) is 20.0 Å². The molecule has 0 amide bonds. The van der Waals surface area contributed by atoms with E-state index in [0.717, 1.165) is 10.4 Å². The molecule has 0 saturated heterocycles. The summed E-state index contributed by atoms with van der Waals surface area (Å²) in [6.07, 6.45) is -0.483. The molecule has 0 radical (unpaired) electrons. The van der Waals surface area contributed by atoms with E-state index < -0.39 is 6.10 Å². The predicted octanol–water partition coefficient (Wildman–Crippen LogP) is 3.45. The summed E-state index contributed by atoms with van der Waals surface area (Å²) in [7, 11) is 0. The van der Waals surface area contributed by atoms with E-state index in [1.165, 1.54) is 10.4 Å². The van der Waals surface area contributed by atoms with Crippen LogP contribution in [0.15, 0.2) is 36.4 Å². The van der Waals surface area contributed by atoms with Gasteiger partial charge in [0.05, 0.1) is 0 Å². The van der Waals surface area contributed by atoms with Gasteiger partial charge in [0, 0.05) is 9.75 Å². The largest absolute Gasteiger partial charge is 0.383 e. The Balaban J connectivity index is 2.32. The Morgan fingerprint density at radius 1 is 1.13 bits per heavy atom. The Labute approximate surface area is 94.0 Å². The SMILES string of the molecule is Cc1cc(C(O)c2ccccc2)sc1C. The Morgan fingerprint density at radius 3 is 2.33 bits per heavy atom. The lowest BCUT2D eigenvalue weighted by Crippen LogP contribution is -1.95. The maximum Gasteiger partial charge on any atom is 0.113 e. The summed E-state index contributed by atoms with van der Waals surface area (Å²) in [5.74, 6) is 0. The molecule has 2 rings (SSSR count). The van der Waals surface area contributed by atoms with Gasteiger partial charge < -0.3 is 5.11 Å². The first kappa shape index (κ1) is 10.4. The van der Waals surface area contributed by atoms with Gasteiger partial charge in [0.1, 0.15) is 6.10 Å². The van der Waals surface area contributed by atoms with Crippen LogP contribution in [0.4, 0.5) is 0 Å². The minimum atomic E-state index is -0.483. The van der Waals surface area contributed by atoms with Gasteiger partial charge in [-0.1, -0.05) is 30.3 Å². The molecule has 0 aliphatic rings. The van der Waals surface area contributed by atoms with Crippen molar-refractivity contribution >= 4 is 11.3 Å². The van der Waals surface area contributed by atoms with Gasteiger partial charge in [-0.05, 0) is 31.0 Å². The van der Waals surface area contributed by atoms with Crippen LogP contribution in [0.5, 0.6) is 0 Å². The van der Waals surface area contributed by atoms with E-state index in [1.54, 1.807) is 11.3 Å². The van der Waals surface area contributed by atoms with Crippen molar-refractivity contribution in [1.29, 1.82) is 0 Å². The maximum atomic E-state index is 10.1. The molecule has 1 aromatic heterocycles. The number of aryl methyl sites for hydroxylation is 2. The summed E-state index contributed by atoms with van der Waals surface area (Å²) in [6.45, 7) is 4.16. The maximum absolute atomic E-state index is 10.1. The molecule has 0 aliphatic heterocycles. The molecule has 0 fully saturated rings. The van der Waals surface area contributed by atoms with Gasteiger partial charge in [0.25, 0.3) is 0 Å². The van der Waals surface area contributed by atoms with E-state index in [2.05, 4.69) is 19.9 Å². The van der Waals surface area contributed by atoms with E-state index in [-0.39, 0.29) is 0 Å². The zero-order valence-electron chi connectivity index (χ0n) is 8.90. The number of rotatable bonds is 2. The highest BCUT2D eigenvalue weighted by Gasteiger charge is 2.13. The van der Waals surface area contributed by atoms with Gasteiger partial charge >= 0.3 is 0 Å². The summed E-state index contributed by atoms with van der Waals surface area (Å²) in [4.78, 5) is 2.30. The highest BCUT2D eigenvalue weighted by Crippen LogP contribution is 2.30. The molecule has 1 atom stereocenters. The van der Waals surface area contributed by atoms with E-state index in [0.29, 0.717) is 0 Å². The van der Waals surface area contributed by atoms with Crippen LogP contribution >= 0.6 is 11.3 Å². The van der Waals surface area contributed by atoms with Gasteiger partial charge in [-0.15, -0.1) is 11.3 Å². The highest BCUT2D eigenvalue weighted by atomic mass is 32.1. The number of benzene rings is 1. The van der Waals surface area contributed by atoms with Crippen LogP contribution in [0.1, 0.15) is 27.0 Å². The second-order valence-corrected chi connectivity index (χ2v) is 4.99. The molecule has 1 unspecified atom stereocenters. The Morgan fingerprint density at radius 2 is 1.80 bits per heavy atom. The molecular weight excluding hydrogens is 204 g/mol. The molecule has 1 heterocycles. The summed E-state index contributed by atoms with van der Waals surface area (Å²) >= 11 is 1.67. The predicted molar refractivity (Wildman–Crippen MR) is 64.3 cm³/mol. The molecule has 2 aromatic rings. The van der Waals surface area contributed by atoms with Crippen molar-refractivity contribution in [1.82, 2.24) is 0 Å².